The lowest BCUT2D eigenvalue weighted by Gasteiger charge is -2.02. The van der Waals surface area contributed by atoms with E-state index in [0.29, 0.717) is 6.54 Å². The summed E-state index contributed by atoms with van der Waals surface area (Å²) in [5.74, 6) is 0. The average Bonchev–Trinajstić information content (AvgIpc) is 2.09. The third-order valence-electron chi connectivity index (χ3n) is 1.86. The Morgan fingerprint density at radius 2 is 2.31 bits per heavy atom. The third kappa shape index (κ3) is 3.02. The van der Waals surface area contributed by atoms with Gasteiger partial charge in [-0.05, 0) is 36.6 Å². The molecule has 0 bridgehead atoms. The van der Waals surface area contributed by atoms with Crippen LogP contribution < -0.4 is 0 Å². The molecule has 0 amide bonds. The van der Waals surface area contributed by atoms with Gasteiger partial charge in [-0.15, -0.1) is 0 Å². The Labute approximate surface area is 82.3 Å². The summed E-state index contributed by atoms with van der Waals surface area (Å²) in [5.41, 5.74) is 2.30. The quantitative estimate of drug-likeness (QED) is 0.538. The van der Waals surface area contributed by atoms with Crippen molar-refractivity contribution >= 4 is 17.7 Å². The van der Waals surface area contributed by atoms with Crippen LogP contribution in [-0.2, 0) is 11.2 Å². The van der Waals surface area contributed by atoms with Crippen molar-refractivity contribution in [1.82, 2.24) is 0 Å². The van der Waals surface area contributed by atoms with Crippen LogP contribution in [0, 0.1) is 6.92 Å². The number of halogens is 1. The molecule has 0 aliphatic rings. The van der Waals surface area contributed by atoms with Crippen LogP contribution in [0.3, 0.4) is 0 Å². The SMILES string of the molecule is Cc1cc(Cl)ccc1CCN=C=O. The number of hydrogen-bond donors (Lipinski definition) is 0. The number of isocyanates is 1. The van der Waals surface area contributed by atoms with Gasteiger partial charge in [0.1, 0.15) is 0 Å². The fourth-order valence-corrected chi connectivity index (χ4v) is 1.39. The van der Waals surface area contributed by atoms with E-state index in [1.165, 1.54) is 11.6 Å². The summed E-state index contributed by atoms with van der Waals surface area (Å²) in [6.45, 7) is 2.48. The van der Waals surface area contributed by atoms with E-state index in [0.717, 1.165) is 17.0 Å². The average molecular weight is 196 g/mol. The molecule has 0 saturated carbocycles. The van der Waals surface area contributed by atoms with Crippen LogP contribution in [0.1, 0.15) is 11.1 Å². The highest BCUT2D eigenvalue weighted by Crippen LogP contribution is 2.15. The first kappa shape index (κ1) is 9.97. The molecule has 0 aliphatic heterocycles. The predicted molar refractivity (Wildman–Crippen MR) is 52.9 cm³/mol. The summed E-state index contributed by atoms with van der Waals surface area (Å²) < 4.78 is 0. The number of carbonyl (C=O) groups excluding carboxylic acids is 1. The monoisotopic (exact) mass is 195 g/mol. The first-order chi connectivity index (χ1) is 6.24. The van der Waals surface area contributed by atoms with E-state index >= 15 is 0 Å². The summed E-state index contributed by atoms with van der Waals surface area (Å²) in [7, 11) is 0. The predicted octanol–water partition coefficient (Wildman–Crippen LogP) is 2.53. The van der Waals surface area contributed by atoms with Crippen molar-refractivity contribution in [3.05, 3.63) is 34.3 Å². The van der Waals surface area contributed by atoms with Gasteiger partial charge in [-0.3, -0.25) is 0 Å². The molecular formula is C10H10ClNO. The first-order valence-corrected chi connectivity index (χ1v) is 4.40. The van der Waals surface area contributed by atoms with Crippen molar-refractivity contribution < 1.29 is 4.79 Å². The number of aliphatic imine (C=N–C) groups is 1. The van der Waals surface area contributed by atoms with Crippen molar-refractivity contribution in [2.24, 2.45) is 4.99 Å². The van der Waals surface area contributed by atoms with Crippen molar-refractivity contribution in [3.8, 4) is 0 Å². The molecule has 1 rings (SSSR count). The molecule has 0 saturated heterocycles. The Bertz CT molecular complexity index is 343. The molecule has 1 aromatic rings. The van der Waals surface area contributed by atoms with Crippen molar-refractivity contribution in [1.29, 1.82) is 0 Å². The summed E-state index contributed by atoms with van der Waals surface area (Å²) >= 11 is 5.79. The number of hydrogen-bond acceptors (Lipinski definition) is 2. The first-order valence-electron chi connectivity index (χ1n) is 4.02. The van der Waals surface area contributed by atoms with E-state index in [1.807, 2.05) is 25.1 Å². The Kier molecular flexibility index (Phi) is 3.69. The molecule has 0 radical (unpaired) electrons. The molecule has 1 aromatic carbocycles. The molecule has 0 unspecified atom stereocenters. The van der Waals surface area contributed by atoms with Crippen LogP contribution in [0.25, 0.3) is 0 Å². The lowest BCUT2D eigenvalue weighted by atomic mass is 10.1. The van der Waals surface area contributed by atoms with E-state index in [1.54, 1.807) is 0 Å². The normalized spacial score (nSPS) is 9.38. The molecule has 0 heterocycles. The smallest absolute Gasteiger partial charge is 0.211 e. The van der Waals surface area contributed by atoms with Gasteiger partial charge in [0.2, 0.25) is 6.08 Å². The summed E-state index contributed by atoms with van der Waals surface area (Å²) in [5, 5.41) is 0.736. The Hall–Kier alpha value is -1.11. The number of rotatable bonds is 3. The molecule has 0 atom stereocenters. The van der Waals surface area contributed by atoms with E-state index in [9.17, 15) is 4.79 Å². The molecule has 0 aromatic heterocycles. The molecule has 0 spiro atoms. The minimum Gasteiger partial charge on any atom is -0.211 e. The second-order valence-electron chi connectivity index (χ2n) is 2.79. The second-order valence-corrected chi connectivity index (χ2v) is 3.23. The van der Waals surface area contributed by atoms with E-state index in [2.05, 4.69) is 4.99 Å². The molecule has 13 heavy (non-hydrogen) atoms. The molecule has 2 nitrogen and oxygen atoms in total. The van der Waals surface area contributed by atoms with Gasteiger partial charge in [0.05, 0.1) is 6.54 Å². The van der Waals surface area contributed by atoms with Crippen LogP contribution >= 0.6 is 11.6 Å². The highest BCUT2D eigenvalue weighted by atomic mass is 35.5. The molecular weight excluding hydrogens is 186 g/mol. The maximum atomic E-state index is 9.82. The standard InChI is InChI=1S/C10H10ClNO/c1-8-6-10(11)3-2-9(8)4-5-12-7-13/h2-3,6H,4-5H2,1H3. The van der Waals surface area contributed by atoms with Gasteiger partial charge in [-0.1, -0.05) is 17.7 Å². The van der Waals surface area contributed by atoms with Crippen molar-refractivity contribution in [3.63, 3.8) is 0 Å². The van der Waals surface area contributed by atoms with Gasteiger partial charge in [-0.2, -0.15) is 0 Å². The molecule has 0 fully saturated rings. The van der Waals surface area contributed by atoms with E-state index in [4.69, 9.17) is 11.6 Å². The van der Waals surface area contributed by atoms with Gasteiger partial charge in [-0.25, -0.2) is 9.79 Å². The van der Waals surface area contributed by atoms with Crippen molar-refractivity contribution in [2.45, 2.75) is 13.3 Å². The van der Waals surface area contributed by atoms with Crippen LogP contribution in [0.15, 0.2) is 23.2 Å². The van der Waals surface area contributed by atoms with E-state index < -0.39 is 0 Å². The summed E-state index contributed by atoms with van der Waals surface area (Å²) in [6, 6.07) is 5.70. The van der Waals surface area contributed by atoms with Gasteiger partial charge < -0.3 is 0 Å². The molecule has 68 valence electrons. The zero-order valence-electron chi connectivity index (χ0n) is 7.38. The number of nitrogens with zero attached hydrogens (tertiary/aromatic N) is 1. The zero-order valence-corrected chi connectivity index (χ0v) is 8.14. The summed E-state index contributed by atoms with van der Waals surface area (Å²) in [4.78, 5) is 13.3. The van der Waals surface area contributed by atoms with E-state index in [-0.39, 0.29) is 0 Å². The highest BCUT2D eigenvalue weighted by molar-refractivity contribution is 6.30. The molecule has 3 heteroatoms. The van der Waals surface area contributed by atoms with Crippen LogP contribution in [0.5, 0.6) is 0 Å². The van der Waals surface area contributed by atoms with Crippen LogP contribution in [0.4, 0.5) is 0 Å². The second kappa shape index (κ2) is 4.80. The Morgan fingerprint density at radius 3 is 2.92 bits per heavy atom. The maximum Gasteiger partial charge on any atom is 0.234 e. The lowest BCUT2D eigenvalue weighted by Crippen LogP contribution is -1.92. The van der Waals surface area contributed by atoms with Crippen molar-refractivity contribution in [2.75, 3.05) is 6.54 Å². The summed E-state index contributed by atoms with van der Waals surface area (Å²) in [6.07, 6.45) is 2.28. The number of benzene rings is 1. The maximum absolute atomic E-state index is 9.82. The highest BCUT2D eigenvalue weighted by Gasteiger charge is 1.97. The minimum atomic E-state index is 0.492. The Morgan fingerprint density at radius 1 is 1.54 bits per heavy atom. The van der Waals surface area contributed by atoms with Gasteiger partial charge >= 0.3 is 0 Å². The topological polar surface area (TPSA) is 29.4 Å². The largest absolute Gasteiger partial charge is 0.234 e. The fourth-order valence-electron chi connectivity index (χ4n) is 1.16. The zero-order chi connectivity index (χ0) is 9.68. The molecule has 0 aliphatic carbocycles. The minimum absolute atomic E-state index is 0.492. The van der Waals surface area contributed by atoms with Gasteiger partial charge in [0.15, 0.2) is 0 Å². The van der Waals surface area contributed by atoms with Gasteiger partial charge in [0, 0.05) is 5.02 Å². The Balaban J connectivity index is 2.71. The van der Waals surface area contributed by atoms with Gasteiger partial charge in [0.25, 0.3) is 0 Å². The lowest BCUT2D eigenvalue weighted by molar-refractivity contribution is 0.563. The molecule has 0 N–H and O–H groups in total. The fraction of sp³-hybridized carbons (Fsp3) is 0.300. The van der Waals surface area contributed by atoms with Crippen LogP contribution in [-0.4, -0.2) is 12.6 Å². The van der Waals surface area contributed by atoms with Crippen LogP contribution in [0.2, 0.25) is 5.02 Å². The third-order valence-corrected chi connectivity index (χ3v) is 2.10. The number of aryl methyl sites for hydroxylation is 1.